The Labute approximate surface area is 140 Å². The van der Waals surface area contributed by atoms with Crippen molar-refractivity contribution in [2.75, 3.05) is 0 Å². The second-order valence-electron chi connectivity index (χ2n) is 3.48. The molecule has 2 rings (SSSR count). The third-order valence-electron chi connectivity index (χ3n) is 2.11. The summed E-state index contributed by atoms with van der Waals surface area (Å²) in [5, 5.41) is 3.84. The predicted molar refractivity (Wildman–Crippen MR) is 88.3 cm³/mol. The van der Waals surface area contributed by atoms with Crippen LogP contribution < -0.4 is 5.43 Å². The Morgan fingerprint density at radius 3 is 2.79 bits per heavy atom. The van der Waals surface area contributed by atoms with Gasteiger partial charge in [-0.15, -0.1) is 0 Å². The van der Waals surface area contributed by atoms with Crippen LogP contribution in [0.15, 0.2) is 48.8 Å². The molecule has 2 aromatic rings. The van der Waals surface area contributed by atoms with Crippen LogP contribution in [-0.4, -0.2) is 12.1 Å². The SMILES string of the molecule is O=C(N/N=C\c1cc(Br)c(I)o1)c1cccc(Br)c1. The zero-order chi connectivity index (χ0) is 13.8. The van der Waals surface area contributed by atoms with Gasteiger partial charge in [-0.25, -0.2) is 5.43 Å². The third-order valence-corrected chi connectivity index (χ3v) is 4.73. The van der Waals surface area contributed by atoms with Gasteiger partial charge in [0.25, 0.3) is 5.91 Å². The molecular weight excluding hydrogens is 491 g/mol. The number of nitrogens with zero attached hydrogens (tertiary/aromatic N) is 1. The van der Waals surface area contributed by atoms with Crippen molar-refractivity contribution in [3.8, 4) is 0 Å². The highest BCUT2D eigenvalue weighted by Gasteiger charge is 2.05. The Morgan fingerprint density at radius 2 is 2.16 bits per heavy atom. The number of amides is 1. The van der Waals surface area contributed by atoms with E-state index in [2.05, 4.69) is 65.0 Å². The molecule has 1 aromatic heterocycles. The van der Waals surface area contributed by atoms with Crippen molar-refractivity contribution in [3.05, 3.63) is 54.4 Å². The summed E-state index contributed by atoms with van der Waals surface area (Å²) in [5.41, 5.74) is 2.96. The van der Waals surface area contributed by atoms with E-state index in [0.29, 0.717) is 11.3 Å². The van der Waals surface area contributed by atoms with Crippen molar-refractivity contribution < 1.29 is 9.21 Å². The van der Waals surface area contributed by atoms with E-state index < -0.39 is 0 Å². The minimum atomic E-state index is -0.280. The lowest BCUT2D eigenvalue weighted by Gasteiger charge is -1.99. The third kappa shape index (κ3) is 4.15. The molecule has 1 N–H and O–H groups in total. The van der Waals surface area contributed by atoms with Gasteiger partial charge in [0.05, 0.1) is 10.7 Å². The van der Waals surface area contributed by atoms with Crippen LogP contribution in [0, 0.1) is 3.77 Å². The van der Waals surface area contributed by atoms with Gasteiger partial charge < -0.3 is 4.42 Å². The van der Waals surface area contributed by atoms with Crippen LogP contribution in [0.5, 0.6) is 0 Å². The van der Waals surface area contributed by atoms with Crippen molar-refractivity contribution in [2.24, 2.45) is 5.10 Å². The average Bonchev–Trinajstić information content (AvgIpc) is 2.68. The van der Waals surface area contributed by atoms with Gasteiger partial charge >= 0.3 is 0 Å². The fourth-order valence-electron chi connectivity index (χ4n) is 1.28. The molecular formula is C12H7Br2IN2O2. The second kappa shape index (κ2) is 6.67. The van der Waals surface area contributed by atoms with Gasteiger partial charge in [0.2, 0.25) is 0 Å². The molecule has 0 bridgehead atoms. The normalized spacial score (nSPS) is 10.9. The van der Waals surface area contributed by atoms with E-state index in [1.807, 2.05) is 6.07 Å². The zero-order valence-electron chi connectivity index (χ0n) is 9.36. The Morgan fingerprint density at radius 1 is 1.37 bits per heavy atom. The van der Waals surface area contributed by atoms with E-state index in [0.717, 1.165) is 12.7 Å². The fraction of sp³-hybridized carbons (Fsp3) is 0. The maximum atomic E-state index is 11.8. The largest absolute Gasteiger partial charge is 0.448 e. The Hall–Kier alpha value is -0.670. The molecule has 0 aliphatic rings. The van der Waals surface area contributed by atoms with Crippen molar-refractivity contribution in [1.29, 1.82) is 0 Å². The molecule has 0 saturated carbocycles. The maximum absolute atomic E-state index is 11.8. The maximum Gasteiger partial charge on any atom is 0.271 e. The standard InChI is InChI=1S/C12H7Br2IN2O2/c13-8-3-1-2-7(4-8)12(18)17-16-6-9-5-10(14)11(15)19-9/h1-6H,(H,17,18)/b16-6-. The topological polar surface area (TPSA) is 54.6 Å². The Bertz CT molecular complexity index is 621. The van der Waals surface area contributed by atoms with Gasteiger partial charge in [-0.05, 0) is 34.1 Å². The lowest BCUT2D eigenvalue weighted by molar-refractivity contribution is 0.0955. The molecule has 1 amide bonds. The number of hydrogen-bond acceptors (Lipinski definition) is 3. The van der Waals surface area contributed by atoms with Gasteiger partial charge in [-0.1, -0.05) is 22.0 Å². The van der Waals surface area contributed by atoms with Gasteiger partial charge in [0.1, 0.15) is 5.76 Å². The average molecular weight is 498 g/mol. The molecule has 0 spiro atoms. The highest BCUT2D eigenvalue weighted by atomic mass is 127. The zero-order valence-corrected chi connectivity index (χ0v) is 14.7. The van der Waals surface area contributed by atoms with E-state index in [1.54, 1.807) is 24.3 Å². The van der Waals surface area contributed by atoms with Gasteiger partial charge in [0, 0.05) is 38.7 Å². The number of nitrogens with one attached hydrogen (secondary N) is 1. The van der Waals surface area contributed by atoms with E-state index >= 15 is 0 Å². The summed E-state index contributed by atoms with van der Waals surface area (Å²) in [6, 6.07) is 8.84. The van der Waals surface area contributed by atoms with Crippen LogP contribution in [0.1, 0.15) is 16.1 Å². The minimum absolute atomic E-state index is 0.280. The van der Waals surface area contributed by atoms with Crippen LogP contribution in [0.4, 0.5) is 0 Å². The van der Waals surface area contributed by atoms with E-state index in [1.165, 1.54) is 6.21 Å². The van der Waals surface area contributed by atoms with E-state index in [4.69, 9.17) is 4.42 Å². The minimum Gasteiger partial charge on any atom is -0.448 e. The molecule has 1 aromatic carbocycles. The van der Waals surface area contributed by atoms with Crippen molar-refractivity contribution in [2.45, 2.75) is 0 Å². The summed E-state index contributed by atoms with van der Waals surface area (Å²) in [6.07, 6.45) is 1.45. The molecule has 19 heavy (non-hydrogen) atoms. The summed E-state index contributed by atoms with van der Waals surface area (Å²) in [7, 11) is 0. The van der Waals surface area contributed by atoms with Crippen LogP contribution in [0.3, 0.4) is 0 Å². The first-order valence-corrected chi connectivity index (χ1v) is 7.76. The Kier molecular flexibility index (Phi) is 5.17. The number of benzene rings is 1. The number of halogens is 3. The van der Waals surface area contributed by atoms with Crippen molar-refractivity contribution >= 4 is 66.6 Å². The van der Waals surface area contributed by atoms with E-state index in [-0.39, 0.29) is 5.91 Å². The number of carbonyl (C=O) groups excluding carboxylic acids is 1. The van der Waals surface area contributed by atoms with Gasteiger partial charge in [0.15, 0.2) is 3.77 Å². The summed E-state index contributed by atoms with van der Waals surface area (Å²) < 4.78 is 7.78. The fourth-order valence-corrected chi connectivity index (χ4v) is 2.39. The molecule has 4 nitrogen and oxygen atoms in total. The molecule has 0 unspecified atom stereocenters. The summed E-state index contributed by atoms with van der Waals surface area (Å²) in [4.78, 5) is 11.8. The molecule has 0 fully saturated rings. The first-order chi connectivity index (χ1) is 9.06. The van der Waals surface area contributed by atoms with Crippen molar-refractivity contribution in [1.82, 2.24) is 5.43 Å². The van der Waals surface area contributed by atoms with Gasteiger partial charge in [-0.3, -0.25) is 4.79 Å². The molecule has 7 heteroatoms. The van der Waals surface area contributed by atoms with Crippen LogP contribution in [-0.2, 0) is 0 Å². The van der Waals surface area contributed by atoms with E-state index in [9.17, 15) is 4.79 Å². The smallest absolute Gasteiger partial charge is 0.271 e. The summed E-state index contributed by atoms with van der Waals surface area (Å²) in [5.74, 6) is 0.281. The monoisotopic (exact) mass is 496 g/mol. The molecule has 0 aliphatic carbocycles. The second-order valence-corrected chi connectivity index (χ2v) is 6.23. The van der Waals surface area contributed by atoms with Gasteiger partial charge in [-0.2, -0.15) is 5.10 Å². The number of hydrogen-bond donors (Lipinski definition) is 1. The highest BCUT2D eigenvalue weighted by Crippen LogP contribution is 2.21. The quantitative estimate of drug-likeness (QED) is 0.393. The number of hydrazone groups is 1. The van der Waals surface area contributed by atoms with Crippen molar-refractivity contribution in [3.63, 3.8) is 0 Å². The predicted octanol–water partition coefficient (Wildman–Crippen LogP) is 4.17. The molecule has 98 valence electrons. The number of rotatable bonds is 3. The lowest BCUT2D eigenvalue weighted by Crippen LogP contribution is -2.17. The number of furan rings is 1. The molecule has 0 saturated heterocycles. The number of carbonyl (C=O) groups is 1. The summed E-state index contributed by atoms with van der Waals surface area (Å²) in [6.45, 7) is 0. The van der Waals surface area contributed by atoms with Crippen LogP contribution in [0.25, 0.3) is 0 Å². The molecule has 0 radical (unpaired) electrons. The molecule has 0 atom stereocenters. The first kappa shape index (κ1) is 14.7. The lowest BCUT2D eigenvalue weighted by atomic mass is 10.2. The van der Waals surface area contributed by atoms with Crippen LogP contribution >= 0.6 is 54.5 Å². The molecule has 0 aliphatic heterocycles. The van der Waals surface area contributed by atoms with Crippen LogP contribution in [0.2, 0.25) is 0 Å². The Balaban J connectivity index is 2.00. The highest BCUT2D eigenvalue weighted by molar-refractivity contribution is 14.1. The summed E-state index contributed by atoms with van der Waals surface area (Å²) >= 11 is 8.69. The first-order valence-electron chi connectivity index (χ1n) is 5.10. The molecule has 1 heterocycles.